The van der Waals surface area contributed by atoms with Crippen molar-refractivity contribution in [1.82, 2.24) is 4.90 Å². The van der Waals surface area contributed by atoms with E-state index in [0.29, 0.717) is 25.0 Å². The van der Waals surface area contributed by atoms with Crippen LogP contribution in [0.1, 0.15) is 31.9 Å². The first-order valence-electron chi connectivity index (χ1n) is 7.90. The van der Waals surface area contributed by atoms with Crippen LogP contribution in [0.3, 0.4) is 0 Å². The van der Waals surface area contributed by atoms with Gasteiger partial charge in [-0.1, -0.05) is 13.3 Å². The molecule has 1 aliphatic heterocycles. The minimum Gasteiger partial charge on any atom is -0.467 e. The molecule has 1 aliphatic rings. The molecule has 2 atom stereocenters. The summed E-state index contributed by atoms with van der Waals surface area (Å²) in [5.74, 6) is 1.98. The maximum Gasteiger partial charge on any atom is 0.129 e. The second kappa shape index (κ2) is 9.51. The van der Waals surface area contributed by atoms with E-state index in [2.05, 4.69) is 11.8 Å². The summed E-state index contributed by atoms with van der Waals surface area (Å²) >= 11 is 2.05. The van der Waals surface area contributed by atoms with Gasteiger partial charge in [-0.3, -0.25) is 4.90 Å². The molecule has 1 aromatic rings. The zero-order chi connectivity index (χ0) is 14.9. The number of rotatable bonds is 8. The summed E-state index contributed by atoms with van der Waals surface area (Å²) < 4.78 is 10.7. The van der Waals surface area contributed by atoms with Gasteiger partial charge in [-0.05, 0) is 37.3 Å². The Morgan fingerprint density at radius 3 is 3.19 bits per heavy atom. The van der Waals surface area contributed by atoms with Crippen LogP contribution in [-0.4, -0.2) is 53.4 Å². The molecule has 5 heteroatoms. The average Bonchev–Trinajstić information content (AvgIpc) is 2.87. The number of thioether (sulfide) groups is 1. The molecule has 0 aromatic carbocycles. The maximum absolute atomic E-state index is 10.1. The lowest BCUT2D eigenvalue weighted by Gasteiger charge is -2.26. The Balaban J connectivity index is 1.66. The molecule has 1 fully saturated rings. The van der Waals surface area contributed by atoms with Crippen molar-refractivity contribution in [2.24, 2.45) is 0 Å². The Kier molecular flexibility index (Phi) is 7.64. The highest BCUT2D eigenvalue weighted by Gasteiger charge is 2.20. The molecular weight excluding hydrogens is 286 g/mol. The fraction of sp³-hybridized carbons (Fsp3) is 0.750. The number of furan rings is 1. The summed E-state index contributed by atoms with van der Waals surface area (Å²) in [6.07, 6.45) is 5.06. The highest BCUT2D eigenvalue weighted by molar-refractivity contribution is 7.99. The fourth-order valence-corrected chi connectivity index (χ4v) is 3.88. The summed E-state index contributed by atoms with van der Waals surface area (Å²) in [7, 11) is 0. The Labute approximate surface area is 131 Å². The molecule has 0 saturated carbocycles. The van der Waals surface area contributed by atoms with E-state index in [4.69, 9.17) is 9.15 Å². The zero-order valence-electron chi connectivity index (χ0n) is 12.9. The van der Waals surface area contributed by atoms with Gasteiger partial charge in [-0.2, -0.15) is 11.8 Å². The van der Waals surface area contributed by atoms with Crippen LogP contribution in [0, 0.1) is 0 Å². The number of ether oxygens (including phenoxy) is 1. The van der Waals surface area contributed by atoms with Gasteiger partial charge >= 0.3 is 0 Å². The maximum atomic E-state index is 10.1. The van der Waals surface area contributed by atoms with Crippen molar-refractivity contribution in [3.63, 3.8) is 0 Å². The first kappa shape index (κ1) is 16.9. The lowest BCUT2D eigenvalue weighted by atomic mass is 10.2. The molecular formula is C16H27NO3S. The molecule has 1 saturated heterocycles. The second-order valence-corrected chi connectivity index (χ2v) is 7.16. The molecule has 0 radical (unpaired) electrons. The molecule has 0 bridgehead atoms. The van der Waals surface area contributed by atoms with E-state index in [9.17, 15) is 5.11 Å². The predicted molar refractivity (Wildman–Crippen MR) is 86.6 cm³/mol. The number of hydrogen-bond donors (Lipinski definition) is 1. The number of β-amino-alcohol motifs (C(OH)–C–C–N with tert-alkyl or cyclic N) is 1. The van der Waals surface area contributed by atoms with Crippen molar-refractivity contribution in [2.75, 3.05) is 32.0 Å². The third-order valence-corrected chi connectivity index (χ3v) is 4.91. The first-order valence-corrected chi connectivity index (χ1v) is 8.95. The Morgan fingerprint density at radius 2 is 2.43 bits per heavy atom. The van der Waals surface area contributed by atoms with Gasteiger partial charge in [-0.15, -0.1) is 0 Å². The molecule has 2 heterocycles. The van der Waals surface area contributed by atoms with Gasteiger partial charge < -0.3 is 14.3 Å². The van der Waals surface area contributed by atoms with Gasteiger partial charge in [0.05, 0.1) is 19.0 Å². The van der Waals surface area contributed by atoms with Crippen molar-refractivity contribution < 1.29 is 14.3 Å². The molecule has 0 aliphatic carbocycles. The molecule has 1 aromatic heterocycles. The SMILES string of the molecule is CCSC1CCCCN(CC(O)COCc2ccco2)C1. The third kappa shape index (κ3) is 6.43. The average molecular weight is 313 g/mol. The lowest BCUT2D eigenvalue weighted by Crippen LogP contribution is -2.38. The number of likely N-dealkylation sites (tertiary alicyclic amines) is 1. The number of hydrogen-bond acceptors (Lipinski definition) is 5. The van der Waals surface area contributed by atoms with E-state index in [0.717, 1.165) is 18.8 Å². The molecule has 0 spiro atoms. The summed E-state index contributed by atoms with van der Waals surface area (Å²) in [6.45, 7) is 5.90. The molecule has 0 amide bonds. The summed E-state index contributed by atoms with van der Waals surface area (Å²) in [6, 6.07) is 3.73. The second-order valence-electron chi connectivity index (χ2n) is 5.58. The first-order chi connectivity index (χ1) is 10.3. The summed E-state index contributed by atoms with van der Waals surface area (Å²) in [5.41, 5.74) is 0. The molecule has 1 N–H and O–H groups in total. The highest BCUT2D eigenvalue weighted by Crippen LogP contribution is 2.22. The lowest BCUT2D eigenvalue weighted by molar-refractivity contribution is 0.00576. The quantitative estimate of drug-likeness (QED) is 0.799. The van der Waals surface area contributed by atoms with Gasteiger partial charge in [0.15, 0.2) is 0 Å². The molecule has 2 unspecified atom stereocenters. The van der Waals surface area contributed by atoms with Crippen molar-refractivity contribution >= 4 is 11.8 Å². The Hall–Kier alpha value is -0.490. The van der Waals surface area contributed by atoms with Gasteiger partial charge in [-0.25, -0.2) is 0 Å². The van der Waals surface area contributed by atoms with Gasteiger partial charge in [0.2, 0.25) is 0 Å². The number of aliphatic hydroxyl groups is 1. The molecule has 4 nitrogen and oxygen atoms in total. The fourth-order valence-electron chi connectivity index (χ4n) is 2.76. The third-order valence-electron chi connectivity index (χ3n) is 3.72. The van der Waals surface area contributed by atoms with Crippen molar-refractivity contribution in [2.45, 2.75) is 44.1 Å². The van der Waals surface area contributed by atoms with E-state index in [-0.39, 0.29) is 0 Å². The molecule has 120 valence electrons. The summed E-state index contributed by atoms with van der Waals surface area (Å²) in [5, 5.41) is 10.9. The van der Waals surface area contributed by atoms with E-state index >= 15 is 0 Å². The number of aliphatic hydroxyl groups excluding tert-OH is 1. The number of nitrogens with zero attached hydrogens (tertiary/aromatic N) is 1. The monoisotopic (exact) mass is 313 g/mol. The topological polar surface area (TPSA) is 45.8 Å². The van der Waals surface area contributed by atoms with Crippen molar-refractivity contribution in [3.8, 4) is 0 Å². The van der Waals surface area contributed by atoms with Crippen LogP contribution in [0.25, 0.3) is 0 Å². The van der Waals surface area contributed by atoms with E-state index < -0.39 is 6.10 Å². The van der Waals surface area contributed by atoms with Crippen LogP contribution in [0.4, 0.5) is 0 Å². The van der Waals surface area contributed by atoms with Crippen LogP contribution in [0.2, 0.25) is 0 Å². The van der Waals surface area contributed by atoms with Crippen LogP contribution in [-0.2, 0) is 11.3 Å². The highest BCUT2D eigenvalue weighted by atomic mass is 32.2. The van der Waals surface area contributed by atoms with Crippen molar-refractivity contribution in [1.29, 1.82) is 0 Å². The Bertz CT molecular complexity index is 372. The van der Waals surface area contributed by atoms with Crippen LogP contribution in [0.5, 0.6) is 0 Å². The van der Waals surface area contributed by atoms with Crippen LogP contribution < -0.4 is 0 Å². The van der Waals surface area contributed by atoms with Gasteiger partial charge in [0.1, 0.15) is 12.4 Å². The van der Waals surface area contributed by atoms with Crippen LogP contribution >= 0.6 is 11.8 Å². The van der Waals surface area contributed by atoms with Crippen molar-refractivity contribution in [3.05, 3.63) is 24.2 Å². The van der Waals surface area contributed by atoms with Gasteiger partial charge in [0, 0.05) is 18.3 Å². The minimum absolute atomic E-state index is 0.364. The molecule has 2 rings (SSSR count). The smallest absolute Gasteiger partial charge is 0.129 e. The van der Waals surface area contributed by atoms with Gasteiger partial charge in [0.25, 0.3) is 0 Å². The predicted octanol–water partition coefficient (Wildman–Crippen LogP) is 2.76. The zero-order valence-corrected chi connectivity index (χ0v) is 13.7. The molecule has 21 heavy (non-hydrogen) atoms. The standard InChI is InChI=1S/C16H27NO3S/c1-2-21-16-7-3-4-8-17(11-16)10-14(18)12-19-13-15-6-5-9-20-15/h5-6,9,14,16,18H,2-4,7-8,10-13H2,1H3. The van der Waals surface area contributed by atoms with Crippen LogP contribution in [0.15, 0.2) is 22.8 Å². The largest absolute Gasteiger partial charge is 0.467 e. The van der Waals surface area contributed by atoms with E-state index in [1.54, 1.807) is 6.26 Å². The summed E-state index contributed by atoms with van der Waals surface area (Å²) in [4.78, 5) is 2.39. The van der Waals surface area contributed by atoms with E-state index in [1.165, 1.54) is 25.0 Å². The van der Waals surface area contributed by atoms with E-state index in [1.807, 2.05) is 23.9 Å². The normalized spacial score (nSPS) is 22.1. The Morgan fingerprint density at radius 1 is 1.52 bits per heavy atom. The minimum atomic E-state index is -0.426.